The van der Waals surface area contributed by atoms with Crippen molar-refractivity contribution < 1.29 is 13.9 Å². The summed E-state index contributed by atoms with van der Waals surface area (Å²) in [6, 6.07) is 2.65. The van der Waals surface area contributed by atoms with Gasteiger partial charge in [0.2, 0.25) is 0 Å². The second-order valence-corrected chi connectivity index (χ2v) is 3.14. The molecule has 78 valence electrons. The highest BCUT2D eigenvalue weighted by atomic mass is 19.1. The van der Waals surface area contributed by atoms with Gasteiger partial charge in [-0.25, -0.2) is 8.78 Å². The van der Waals surface area contributed by atoms with E-state index in [0.717, 1.165) is 18.2 Å². The monoisotopic (exact) mass is 201 g/mol. The molecule has 0 fully saturated rings. The van der Waals surface area contributed by atoms with Gasteiger partial charge < -0.3 is 10.8 Å². The minimum absolute atomic E-state index is 0.00460. The number of rotatable bonds is 4. The molecular weight excluding hydrogens is 188 g/mol. The van der Waals surface area contributed by atoms with Crippen LogP contribution in [0.3, 0.4) is 0 Å². The molecule has 0 aliphatic heterocycles. The molecule has 1 aromatic carbocycles. The van der Waals surface area contributed by atoms with Crippen LogP contribution >= 0.6 is 0 Å². The summed E-state index contributed by atoms with van der Waals surface area (Å²) in [5, 5.41) is 8.56. The summed E-state index contributed by atoms with van der Waals surface area (Å²) < 4.78 is 25.9. The molecule has 0 spiro atoms. The van der Waals surface area contributed by atoms with E-state index in [2.05, 4.69) is 0 Å². The van der Waals surface area contributed by atoms with Crippen LogP contribution in [0.5, 0.6) is 0 Å². The van der Waals surface area contributed by atoms with E-state index in [0.29, 0.717) is 12.8 Å². The zero-order valence-electron chi connectivity index (χ0n) is 7.71. The van der Waals surface area contributed by atoms with Gasteiger partial charge >= 0.3 is 0 Å². The summed E-state index contributed by atoms with van der Waals surface area (Å²) in [6.45, 7) is 0.00460. The third-order valence-electron chi connectivity index (χ3n) is 2.03. The van der Waals surface area contributed by atoms with Gasteiger partial charge in [-0.15, -0.1) is 0 Å². The van der Waals surface area contributed by atoms with Crippen molar-refractivity contribution >= 4 is 0 Å². The lowest BCUT2D eigenvalue weighted by atomic mass is 10.0. The fraction of sp³-hybridized carbons (Fsp3) is 0.400. The zero-order valence-corrected chi connectivity index (χ0v) is 7.71. The van der Waals surface area contributed by atoms with Gasteiger partial charge in [-0.3, -0.25) is 0 Å². The summed E-state index contributed by atoms with van der Waals surface area (Å²) >= 11 is 0. The maximum Gasteiger partial charge on any atom is 0.128 e. The summed E-state index contributed by atoms with van der Waals surface area (Å²) in [5.74, 6) is -1.00. The first-order valence-electron chi connectivity index (χ1n) is 4.46. The Labute approximate surface area is 81.4 Å². The van der Waals surface area contributed by atoms with Gasteiger partial charge in [-0.05, 0) is 31.0 Å². The average Bonchev–Trinajstić information content (AvgIpc) is 2.18. The second kappa shape index (κ2) is 5.02. The molecule has 0 unspecified atom stereocenters. The van der Waals surface area contributed by atoms with Crippen molar-refractivity contribution in [3.8, 4) is 0 Å². The molecule has 0 saturated heterocycles. The topological polar surface area (TPSA) is 46.2 Å². The number of benzene rings is 1. The fourth-order valence-corrected chi connectivity index (χ4v) is 1.27. The predicted octanol–water partition coefficient (Wildman–Crippen LogP) is 1.74. The van der Waals surface area contributed by atoms with Crippen LogP contribution in [0.1, 0.15) is 24.4 Å². The molecule has 1 aromatic rings. The van der Waals surface area contributed by atoms with Crippen molar-refractivity contribution in [3.05, 3.63) is 35.4 Å². The third kappa shape index (κ3) is 2.75. The first kappa shape index (κ1) is 11.1. The lowest BCUT2D eigenvalue weighted by Crippen LogP contribution is -2.13. The average molecular weight is 201 g/mol. The van der Waals surface area contributed by atoms with E-state index in [1.54, 1.807) is 0 Å². The van der Waals surface area contributed by atoms with E-state index in [-0.39, 0.29) is 12.2 Å². The number of hydrogen-bond acceptors (Lipinski definition) is 2. The van der Waals surface area contributed by atoms with Crippen LogP contribution in [-0.2, 0) is 0 Å². The minimum Gasteiger partial charge on any atom is -0.396 e. The van der Waals surface area contributed by atoms with Crippen LogP contribution in [0.15, 0.2) is 18.2 Å². The zero-order chi connectivity index (χ0) is 10.6. The number of hydrogen-bond donors (Lipinski definition) is 2. The van der Waals surface area contributed by atoms with Crippen LogP contribution < -0.4 is 5.73 Å². The molecule has 1 atom stereocenters. The van der Waals surface area contributed by atoms with Gasteiger partial charge in [0.15, 0.2) is 0 Å². The van der Waals surface area contributed by atoms with E-state index in [1.807, 2.05) is 0 Å². The number of halogens is 2. The summed E-state index contributed by atoms with van der Waals surface area (Å²) in [7, 11) is 0. The largest absolute Gasteiger partial charge is 0.396 e. The quantitative estimate of drug-likeness (QED) is 0.779. The smallest absolute Gasteiger partial charge is 0.128 e. The maximum absolute atomic E-state index is 13.1. The highest BCUT2D eigenvalue weighted by molar-refractivity contribution is 5.21. The summed E-state index contributed by atoms with van der Waals surface area (Å²) in [4.78, 5) is 0. The predicted molar refractivity (Wildman–Crippen MR) is 49.6 cm³/mol. The number of nitrogens with two attached hydrogens (primary N) is 1. The van der Waals surface area contributed by atoms with Crippen LogP contribution in [0, 0.1) is 11.6 Å². The molecule has 0 aliphatic carbocycles. The standard InChI is InChI=1S/C10H13F2NO/c11-7-3-4-9(12)8(6-7)10(13)2-1-5-14/h3-4,6,10,14H,1-2,5,13H2/t10-/m1/s1. The Morgan fingerprint density at radius 2 is 2.07 bits per heavy atom. The molecule has 1 rings (SSSR count). The Balaban J connectivity index is 2.77. The van der Waals surface area contributed by atoms with Crippen molar-refractivity contribution in [1.29, 1.82) is 0 Å². The normalized spacial score (nSPS) is 12.9. The van der Waals surface area contributed by atoms with Gasteiger partial charge in [0.25, 0.3) is 0 Å². The minimum atomic E-state index is -0.558. The number of aliphatic hydroxyl groups is 1. The number of aliphatic hydroxyl groups excluding tert-OH is 1. The van der Waals surface area contributed by atoms with E-state index >= 15 is 0 Å². The SMILES string of the molecule is N[C@H](CCCO)c1cc(F)ccc1F. The fourth-order valence-electron chi connectivity index (χ4n) is 1.27. The highest BCUT2D eigenvalue weighted by Crippen LogP contribution is 2.19. The molecule has 0 radical (unpaired) electrons. The van der Waals surface area contributed by atoms with E-state index in [1.165, 1.54) is 0 Å². The summed E-state index contributed by atoms with van der Waals surface area (Å²) in [6.07, 6.45) is 0.925. The second-order valence-electron chi connectivity index (χ2n) is 3.14. The van der Waals surface area contributed by atoms with Gasteiger partial charge in [0, 0.05) is 18.2 Å². The van der Waals surface area contributed by atoms with Crippen molar-refractivity contribution in [2.45, 2.75) is 18.9 Å². The lowest BCUT2D eigenvalue weighted by Gasteiger charge is -2.11. The molecule has 0 heterocycles. The highest BCUT2D eigenvalue weighted by Gasteiger charge is 2.11. The van der Waals surface area contributed by atoms with Crippen molar-refractivity contribution in [1.82, 2.24) is 0 Å². The Kier molecular flexibility index (Phi) is 3.98. The van der Waals surface area contributed by atoms with Crippen molar-refractivity contribution in [3.63, 3.8) is 0 Å². The molecular formula is C10H13F2NO. The van der Waals surface area contributed by atoms with Crippen LogP contribution in [0.4, 0.5) is 8.78 Å². The first-order valence-corrected chi connectivity index (χ1v) is 4.46. The van der Waals surface area contributed by atoms with Gasteiger partial charge in [-0.1, -0.05) is 0 Å². The third-order valence-corrected chi connectivity index (χ3v) is 2.03. The molecule has 3 N–H and O–H groups in total. The van der Waals surface area contributed by atoms with Crippen LogP contribution in [0.2, 0.25) is 0 Å². The van der Waals surface area contributed by atoms with E-state index < -0.39 is 17.7 Å². The molecule has 0 aliphatic rings. The van der Waals surface area contributed by atoms with E-state index in [4.69, 9.17) is 10.8 Å². The summed E-state index contributed by atoms with van der Waals surface area (Å²) in [5.41, 5.74) is 5.80. The van der Waals surface area contributed by atoms with Crippen LogP contribution in [-0.4, -0.2) is 11.7 Å². The lowest BCUT2D eigenvalue weighted by molar-refractivity contribution is 0.279. The van der Waals surface area contributed by atoms with Gasteiger partial charge in [-0.2, -0.15) is 0 Å². The Morgan fingerprint density at radius 3 is 2.71 bits per heavy atom. The Morgan fingerprint density at radius 1 is 1.36 bits per heavy atom. The van der Waals surface area contributed by atoms with Crippen LogP contribution in [0.25, 0.3) is 0 Å². The molecule has 0 bridgehead atoms. The van der Waals surface area contributed by atoms with Crippen molar-refractivity contribution in [2.24, 2.45) is 5.73 Å². The Hall–Kier alpha value is -1.00. The molecule has 0 saturated carbocycles. The molecule has 4 heteroatoms. The molecule has 0 aromatic heterocycles. The molecule has 0 amide bonds. The maximum atomic E-state index is 13.1. The molecule has 2 nitrogen and oxygen atoms in total. The van der Waals surface area contributed by atoms with Gasteiger partial charge in [0.1, 0.15) is 11.6 Å². The first-order chi connectivity index (χ1) is 6.65. The van der Waals surface area contributed by atoms with Crippen molar-refractivity contribution in [2.75, 3.05) is 6.61 Å². The Bertz CT molecular complexity index is 304. The van der Waals surface area contributed by atoms with E-state index in [9.17, 15) is 8.78 Å². The van der Waals surface area contributed by atoms with Gasteiger partial charge in [0.05, 0.1) is 0 Å². The molecule has 14 heavy (non-hydrogen) atoms.